The van der Waals surface area contributed by atoms with Crippen LogP contribution in [0.5, 0.6) is 0 Å². The fourth-order valence-corrected chi connectivity index (χ4v) is 3.04. The van der Waals surface area contributed by atoms with Crippen LogP contribution in [0.3, 0.4) is 0 Å². The summed E-state index contributed by atoms with van der Waals surface area (Å²) in [5.41, 5.74) is 1.01. The highest BCUT2D eigenvalue weighted by molar-refractivity contribution is 7.13. The van der Waals surface area contributed by atoms with Crippen molar-refractivity contribution in [3.05, 3.63) is 11.1 Å². The van der Waals surface area contributed by atoms with Crippen molar-refractivity contribution in [2.75, 3.05) is 25.0 Å². The van der Waals surface area contributed by atoms with Crippen molar-refractivity contribution in [1.29, 1.82) is 0 Å². The van der Waals surface area contributed by atoms with Crippen LogP contribution in [-0.4, -0.2) is 40.6 Å². The van der Waals surface area contributed by atoms with Gasteiger partial charge in [0.25, 0.3) is 0 Å². The van der Waals surface area contributed by atoms with Gasteiger partial charge < -0.3 is 10.4 Å². The fourth-order valence-electron chi connectivity index (χ4n) is 2.29. The van der Waals surface area contributed by atoms with E-state index in [1.54, 1.807) is 0 Å². The number of nitrogens with one attached hydrogen (secondary N) is 1. The van der Waals surface area contributed by atoms with Crippen LogP contribution in [-0.2, 0) is 11.3 Å². The number of carbonyl (C=O) groups is 1. The van der Waals surface area contributed by atoms with Crippen LogP contribution in [0.1, 0.15) is 25.5 Å². The molecular weight excluding hydrogens is 250 g/mol. The number of hydrogen-bond acceptors (Lipinski definition) is 5. The summed E-state index contributed by atoms with van der Waals surface area (Å²) in [6.07, 6.45) is 2.05. The molecule has 1 amide bonds. The van der Waals surface area contributed by atoms with Crippen molar-refractivity contribution in [3.8, 4) is 0 Å². The number of aromatic nitrogens is 1. The Balaban J connectivity index is 1.83. The zero-order valence-electron chi connectivity index (χ0n) is 10.6. The van der Waals surface area contributed by atoms with Crippen molar-refractivity contribution in [3.63, 3.8) is 0 Å². The van der Waals surface area contributed by atoms with E-state index in [-0.39, 0.29) is 12.5 Å². The van der Waals surface area contributed by atoms with Crippen molar-refractivity contribution in [1.82, 2.24) is 9.88 Å². The lowest BCUT2D eigenvalue weighted by molar-refractivity contribution is -0.114. The third kappa shape index (κ3) is 3.76. The highest BCUT2D eigenvalue weighted by Gasteiger charge is 2.22. The number of aliphatic hydroxyl groups excluding tert-OH is 1. The van der Waals surface area contributed by atoms with Crippen molar-refractivity contribution < 1.29 is 9.90 Å². The molecule has 1 unspecified atom stereocenters. The number of amides is 1. The molecular formula is C12H19N3O2S. The number of aliphatic hydroxyl groups is 1. The number of nitrogens with zero attached hydrogens (tertiary/aromatic N) is 2. The molecule has 0 aliphatic carbocycles. The van der Waals surface area contributed by atoms with Gasteiger partial charge in [-0.1, -0.05) is 0 Å². The van der Waals surface area contributed by atoms with Crippen LogP contribution in [0.15, 0.2) is 5.38 Å². The Morgan fingerprint density at radius 3 is 3.28 bits per heavy atom. The summed E-state index contributed by atoms with van der Waals surface area (Å²) in [4.78, 5) is 17.6. The smallest absolute Gasteiger partial charge is 0.223 e. The maximum Gasteiger partial charge on any atom is 0.223 e. The first-order chi connectivity index (χ1) is 8.67. The number of thiazole rings is 1. The number of likely N-dealkylation sites (tertiary alicyclic amines) is 1. The number of carbonyl (C=O) groups excluding carboxylic acids is 1. The average molecular weight is 269 g/mol. The molecule has 1 aliphatic rings. The Morgan fingerprint density at radius 1 is 1.72 bits per heavy atom. The summed E-state index contributed by atoms with van der Waals surface area (Å²) >= 11 is 1.46. The summed E-state index contributed by atoms with van der Waals surface area (Å²) in [7, 11) is 0. The predicted molar refractivity (Wildman–Crippen MR) is 71.5 cm³/mol. The summed E-state index contributed by atoms with van der Waals surface area (Å²) in [5.74, 6) is 0.531. The predicted octanol–water partition coefficient (Wildman–Crippen LogP) is 1.31. The fraction of sp³-hybridized carbons (Fsp3) is 0.667. The Kier molecular flexibility index (Phi) is 4.68. The minimum atomic E-state index is -0.0833. The SMILES string of the molecule is CC(=O)Nc1nc(CN2CCC(CCO)C2)cs1. The van der Waals surface area contributed by atoms with Crippen LogP contribution in [0.2, 0.25) is 0 Å². The second-order valence-electron chi connectivity index (χ2n) is 4.73. The Morgan fingerprint density at radius 2 is 2.56 bits per heavy atom. The molecule has 2 heterocycles. The number of hydrogen-bond donors (Lipinski definition) is 2. The number of anilines is 1. The van der Waals surface area contributed by atoms with Gasteiger partial charge in [-0.15, -0.1) is 11.3 Å². The van der Waals surface area contributed by atoms with Gasteiger partial charge in [0.1, 0.15) is 0 Å². The monoisotopic (exact) mass is 269 g/mol. The van der Waals surface area contributed by atoms with Crippen LogP contribution in [0.4, 0.5) is 5.13 Å². The number of rotatable bonds is 5. The molecule has 1 saturated heterocycles. The van der Waals surface area contributed by atoms with Crippen LogP contribution >= 0.6 is 11.3 Å². The highest BCUT2D eigenvalue weighted by Crippen LogP contribution is 2.22. The quantitative estimate of drug-likeness (QED) is 0.846. The molecule has 1 aliphatic heterocycles. The maximum absolute atomic E-state index is 10.9. The summed E-state index contributed by atoms with van der Waals surface area (Å²) in [6.45, 7) is 4.70. The van der Waals surface area contributed by atoms with Gasteiger partial charge in [0.05, 0.1) is 5.69 Å². The molecule has 2 rings (SSSR count). The lowest BCUT2D eigenvalue weighted by atomic mass is 10.1. The molecule has 5 nitrogen and oxygen atoms in total. The van der Waals surface area contributed by atoms with Gasteiger partial charge in [-0.2, -0.15) is 0 Å². The van der Waals surface area contributed by atoms with Gasteiger partial charge in [0, 0.05) is 32.0 Å². The van der Waals surface area contributed by atoms with Gasteiger partial charge in [-0.3, -0.25) is 9.69 Å². The summed E-state index contributed by atoms with van der Waals surface area (Å²) < 4.78 is 0. The first kappa shape index (κ1) is 13.5. The van der Waals surface area contributed by atoms with E-state index >= 15 is 0 Å². The molecule has 0 bridgehead atoms. The van der Waals surface area contributed by atoms with E-state index in [0.717, 1.165) is 38.2 Å². The van der Waals surface area contributed by atoms with Crippen LogP contribution in [0, 0.1) is 5.92 Å². The zero-order chi connectivity index (χ0) is 13.0. The van der Waals surface area contributed by atoms with E-state index in [0.29, 0.717) is 11.0 Å². The second kappa shape index (κ2) is 6.26. The molecule has 0 saturated carbocycles. The third-order valence-electron chi connectivity index (χ3n) is 3.13. The average Bonchev–Trinajstić information content (AvgIpc) is 2.89. The van der Waals surface area contributed by atoms with E-state index in [4.69, 9.17) is 5.11 Å². The van der Waals surface area contributed by atoms with Gasteiger partial charge in [0.2, 0.25) is 5.91 Å². The van der Waals surface area contributed by atoms with E-state index in [9.17, 15) is 4.79 Å². The molecule has 2 N–H and O–H groups in total. The second-order valence-corrected chi connectivity index (χ2v) is 5.59. The van der Waals surface area contributed by atoms with Gasteiger partial charge >= 0.3 is 0 Å². The van der Waals surface area contributed by atoms with E-state index in [1.807, 2.05) is 5.38 Å². The first-order valence-electron chi connectivity index (χ1n) is 6.22. The molecule has 6 heteroatoms. The topological polar surface area (TPSA) is 65.5 Å². The van der Waals surface area contributed by atoms with Crippen LogP contribution in [0.25, 0.3) is 0 Å². The standard InChI is InChI=1S/C12H19N3O2S/c1-9(17)13-12-14-11(8-18-12)7-15-4-2-10(6-15)3-5-16/h8,10,16H,2-7H2,1H3,(H,13,14,17). The molecule has 1 atom stereocenters. The van der Waals surface area contributed by atoms with Crippen molar-refractivity contribution in [2.24, 2.45) is 5.92 Å². The molecule has 18 heavy (non-hydrogen) atoms. The van der Waals surface area contributed by atoms with Crippen LogP contribution < -0.4 is 5.32 Å². The molecule has 1 aromatic rings. The van der Waals surface area contributed by atoms with E-state index < -0.39 is 0 Å². The highest BCUT2D eigenvalue weighted by atomic mass is 32.1. The molecule has 100 valence electrons. The molecule has 0 radical (unpaired) electrons. The van der Waals surface area contributed by atoms with Crippen molar-refractivity contribution >= 4 is 22.4 Å². The first-order valence-corrected chi connectivity index (χ1v) is 7.10. The minimum absolute atomic E-state index is 0.0833. The van der Waals surface area contributed by atoms with Gasteiger partial charge in [0.15, 0.2) is 5.13 Å². The Labute approximate surface area is 111 Å². The molecule has 1 aromatic heterocycles. The molecule has 0 spiro atoms. The van der Waals surface area contributed by atoms with Gasteiger partial charge in [-0.25, -0.2) is 4.98 Å². The minimum Gasteiger partial charge on any atom is -0.396 e. The molecule has 0 aromatic carbocycles. The van der Waals surface area contributed by atoms with Gasteiger partial charge in [-0.05, 0) is 25.3 Å². The lowest BCUT2D eigenvalue weighted by Crippen LogP contribution is -2.20. The largest absolute Gasteiger partial charge is 0.396 e. The summed E-state index contributed by atoms with van der Waals surface area (Å²) in [5, 5.41) is 14.3. The van der Waals surface area contributed by atoms with Crippen molar-refractivity contribution in [2.45, 2.75) is 26.3 Å². The normalized spacial score (nSPS) is 20.2. The lowest BCUT2D eigenvalue weighted by Gasteiger charge is -2.13. The van der Waals surface area contributed by atoms with E-state index in [1.165, 1.54) is 18.3 Å². The summed E-state index contributed by atoms with van der Waals surface area (Å²) in [6, 6.07) is 0. The Hall–Kier alpha value is -0.980. The Bertz CT molecular complexity index is 408. The molecule has 1 fully saturated rings. The third-order valence-corrected chi connectivity index (χ3v) is 3.93. The van der Waals surface area contributed by atoms with E-state index in [2.05, 4.69) is 15.2 Å². The maximum atomic E-state index is 10.9. The zero-order valence-corrected chi connectivity index (χ0v) is 11.4.